The van der Waals surface area contributed by atoms with Crippen LogP contribution in [0.15, 0.2) is 24.4 Å². The molecular formula is C16H26N2. The van der Waals surface area contributed by atoms with E-state index in [2.05, 4.69) is 50.1 Å². The van der Waals surface area contributed by atoms with Crippen molar-refractivity contribution in [1.29, 1.82) is 0 Å². The van der Waals surface area contributed by atoms with Crippen molar-refractivity contribution in [2.45, 2.75) is 59.0 Å². The summed E-state index contributed by atoms with van der Waals surface area (Å²) >= 11 is 0. The van der Waals surface area contributed by atoms with Crippen LogP contribution in [0.1, 0.15) is 58.7 Å². The molecule has 2 unspecified atom stereocenters. The van der Waals surface area contributed by atoms with Gasteiger partial charge in [0.15, 0.2) is 0 Å². The topological polar surface area (TPSA) is 24.9 Å². The van der Waals surface area contributed by atoms with Gasteiger partial charge in [-0.3, -0.25) is 4.98 Å². The van der Waals surface area contributed by atoms with Crippen LogP contribution in [0.5, 0.6) is 0 Å². The van der Waals surface area contributed by atoms with E-state index in [1.54, 1.807) is 0 Å². The van der Waals surface area contributed by atoms with Crippen molar-refractivity contribution in [3.63, 3.8) is 0 Å². The van der Waals surface area contributed by atoms with E-state index in [4.69, 9.17) is 0 Å². The van der Waals surface area contributed by atoms with Crippen LogP contribution in [0.4, 0.5) is 0 Å². The van der Waals surface area contributed by atoms with Crippen LogP contribution in [0.25, 0.3) is 0 Å². The monoisotopic (exact) mass is 246 g/mol. The molecule has 0 aromatic carbocycles. The molecule has 0 spiro atoms. The largest absolute Gasteiger partial charge is 0.306 e. The Bertz CT molecular complexity index is 372. The summed E-state index contributed by atoms with van der Waals surface area (Å²) in [5.74, 6) is 0.750. The Morgan fingerprint density at radius 3 is 2.78 bits per heavy atom. The molecule has 1 fully saturated rings. The normalized spacial score (nSPS) is 28.9. The van der Waals surface area contributed by atoms with Gasteiger partial charge < -0.3 is 5.32 Å². The molecule has 3 atom stereocenters. The lowest BCUT2D eigenvalue weighted by molar-refractivity contribution is 0.142. The molecule has 0 bridgehead atoms. The minimum absolute atomic E-state index is 0.347. The number of hydrogen-bond donors (Lipinski definition) is 1. The number of aromatic nitrogens is 1. The van der Waals surface area contributed by atoms with Crippen LogP contribution in [0.2, 0.25) is 0 Å². The summed E-state index contributed by atoms with van der Waals surface area (Å²) in [5.41, 5.74) is 1.67. The SMILES string of the molecule is CC1CC(C)(C)CCC1N[C@@H](C)c1ccccn1. The zero-order valence-corrected chi connectivity index (χ0v) is 12.1. The fourth-order valence-electron chi connectivity index (χ4n) is 3.23. The number of rotatable bonds is 3. The predicted octanol–water partition coefficient (Wildman–Crippen LogP) is 3.95. The Hall–Kier alpha value is -0.890. The minimum Gasteiger partial charge on any atom is -0.306 e. The van der Waals surface area contributed by atoms with Crippen molar-refractivity contribution in [2.24, 2.45) is 11.3 Å². The maximum Gasteiger partial charge on any atom is 0.0570 e. The maximum atomic E-state index is 4.44. The number of hydrogen-bond acceptors (Lipinski definition) is 2. The van der Waals surface area contributed by atoms with E-state index in [9.17, 15) is 0 Å². The van der Waals surface area contributed by atoms with Crippen LogP contribution in [0, 0.1) is 11.3 Å². The average molecular weight is 246 g/mol. The Morgan fingerprint density at radius 2 is 2.17 bits per heavy atom. The molecule has 18 heavy (non-hydrogen) atoms. The molecule has 100 valence electrons. The first-order chi connectivity index (χ1) is 8.48. The maximum absolute atomic E-state index is 4.44. The van der Waals surface area contributed by atoms with Crippen molar-refractivity contribution >= 4 is 0 Å². The molecule has 0 aliphatic heterocycles. The highest BCUT2D eigenvalue weighted by Crippen LogP contribution is 2.39. The van der Waals surface area contributed by atoms with Crippen LogP contribution in [-0.4, -0.2) is 11.0 Å². The number of nitrogens with one attached hydrogen (secondary N) is 1. The first kappa shape index (κ1) is 13.5. The quantitative estimate of drug-likeness (QED) is 0.873. The third-order valence-corrected chi connectivity index (χ3v) is 4.29. The predicted molar refractivity (Wildman–Crippen MR) is 76.4 cm³/mol. The molecule has 1 aromatic rings. The molecule has 0 amide bonds. The average Bonchev–Trinajstić information content (AvgIpc) is 2.33. The summed E-state index contributed by atoms with van der Waals surface area (Å²) in [6.07, 6.45) is 5.80. The Balaban J connectivity index is 1.94. The fraction of sp³-hybridized carbons (Fsp3) is 0.688. The van der Waals surface area contributed by atoms with Gasteiger partial charge in [-0.2, -0.15) is 0 Å². The molecule has 2 rings (SSSR count). The zero-order valence-electron chi connectivity index (χ0n) is 12.1. The van der Waals surface area contributed by atoms with E-state index < -0.39 is 0 Å². The second-order valence-electron chi connectivity index (χ2n) is 6.63. The number of nitrogens with zero attached hydrogens (tertiary/aromatic N) is 1. The van der Waals surface area contributed by atoms with Gasteiger partial charge in [0.2, 0.25) is 0 Å². The first-order valence-corrected chi connectivity index (χ1v) is 7.15. The Morgan fingerprint density at radius 1 is 1.39 bits per heavy atom. The van der Waals surface area contributed by atoms with E-state index in [1.807, 2.05) is 12.3 Å². The highest BCUT2D eigenvalue weighted by Gasteiger charge is 2.32. The van der Waals surface area contributed by atoms with Gasteiger partial charge in [-0.25, -0.2) is 0 Å². The van der Waals surface area contributed by atoms with Gasteiger partial charge in [0.1, 0.15) is 0 Å². The van der Waals surface area contributed by atoms with Crippen LogP contribution in [-0.2, 0) is 0 Å². The molecule has 1 N–H and O–H groups in total. The van der Waals surface area contributed by atoms with Crippen molar-refractivity contribution in [3.05, 3.63) is 30.1 Å². The van der Waals surface area contributed by atoms with Gasteiger partial charge in [-0.05, 0) is 49.7 Å². The summed E-state index contributed by atoms with van der Waals surface area (Å²) < 4.78 is 0. The zero-order chi connectivity index (χ0) is 13.2. The molecule has 1 aliphatic carbocycles. The molecule has 0 saturated heterocycles. The molecule has 1 heterocycles. The van der Waals surface area contributed by atoms with Gasteiger partial charge in [-0.1, -0.05) is 26.8 Å². The highest BCUT2D eigenvalue weighted by atomic mass is 15.0. The molecule has 1 saturated carbocycles. The van der Waals surface area contributed by atoms with E-state index in [0.29, 0.717) is 17.5 Å². The van der Waals surface area contributed by atoms with Crippen molar-refractivity contribution in [2.75, 3.05) is 0 Å². The van der Waals surface area contributed by atoms with Crippen LogP contribution < -0.4 is 5.32 Å². The number of pyridine rings is 1. The summed E-state index contributed by atoms with van der Waals surface area (Å²) in [4.78, 5) is 4.44. The molecule has 2 heteroatoms. The van der Waals surface area contributed by atoms with Crippen LogP contribution in [0.3, 0.4) is 0 Å². The Kier molecular flexibility index (Phi) is 4.06. The van der Waals surface area contributed by atoms with Gasteiger partial charge in [0, 0.05) is 18.3 Å². The summed E-state index contributed by atoms with van der Waals surface area (Å²) in [7, 11) is 0. The smallest absolute Gasteiger partial charge is 0.0570 e. The van der Waals surface area contributed by atoms with Crippen molar-refractivity contribution in [3.8, 4) is 0 Å². The second-order valence-corrected chi connectivity index (χ2v) is 6.63. The minimum atomic E-state index is 0.347. The Labute approximate surface area is 111 Å². The van der Waals surface area contributed by atoms with E-state index >= 15 is 0 Å². The molecule has 1 aliphatic rings. The third kappa shape index (κ3) is 3.32. The molecule has 1 aromatic heterocycles. The first-order valence-electron chi connectivity index (χ1n) is 7.15. The van der Waals surface area contributed by atoms with Crippen LogP contribution >= 0.6 is 0 Å². The standard InChI is InChI=1S/C16H26N2/c1-12-11-16(3,4)9-8-14(12)18-13(2)15-7-5-6-10-17-15/h5-7,10,12-14,18H,8-9,11H2,1-4H3/t12?,13-,14?/m0/s1. The highest BCUT2D eigenvalue weighted by molar-refractivity contribution is 5.08. The van der Waals surface area contributed by atoms with Gasteiger partial charge in [0.25, 0.3) is 0 Å². The third-order valence-electron chi connectivity index (χ3n) is 4.29. The second kappa shape index (κ2) is 5.40. The summed E-state index contributed by atoms with van der Waals surface area (Å²) in [6, 6.07) is 7.13. The lowest BCUT2D eigenvalue weighted by Gasteiger charge is -2.40. The van der Waals surface area contributed by atoms with Gasteiger partial charge in [-0.15, -0.1) is 0 Å². The van der Waals surface area contributed by atoms with Crippen molar-refractivity contribution < 1.29 is 0 Å². The van der Waals surface area contributed by atoms with E-state index in [1.165, 1.54) is 19.3 Å². The summed E-state index contributed by atoms with van der Waals surface area (Å²) in [5, 5.41) is 3.76. The lowest BCUT2D eigenvalue weighted by atomic mass is 9.70. The van der Waals surface area contributed by atoms with E-state index in [-0.39, 0.29) is 0 Å². The summed E-state index contributed by atoms with van der Waals surface area (Å²) in [6.45, 7) is 9.38. The fourth-order valence-corrected chi connectivity index (χ4v) is 3.23. The molecular weight excluding hydrogens is 220 g/mol. The molecule has 0 radical (unpaired) electrons. The van der Waals surface area contributed by atoms with E-state index in [0.717, 1.165) is 11.6 Å². The molecule has 2 nitrogen and oxygen atoms in total. The van der Waals surface area contributed by atoms with Gasteiger partial charge >= 0.3 is 0 Å². The van der Waals surface area contributed by atoms with Crippen molar-refractivity contribution in [1.82, 2.24) is 10.3 Å². The lowest BCUT2D eigenvalue weighted by Crippen LogP contribution is -2.42. The van der Waals surface area contributed by atoms with Gasteiger partial charge in [0.05, 0.1) is 5.69 Å².